The van der Waals surface area contributed by atoms with Crippen LogP contribution >= 0.6 is 0 Å². The molecule has 0 heterocycles. The minimum atomic E-state index is 0.108. The second-order valence-electron chi connectivity index (χ2n) is 4.82. The summed E-state index contributed by atoms with van der Waals surface area (Å²) in [6, 6.07) is 11.8. The van der Waals surface area contributed by atoms with Crippen LogP contribution in [0, 0.1) is 0 Å². The number of hydrogen-bond acceptors (Lipinski definition) is 4. The van der Waals surface area contributed by atoms with Crippen LogP contribution in [0.15, 0.2) is 41.6 Å². The monoisotopic (exact) mass is 287 g/mol. The van der Waals surface area contributed by atoms with Crippen LogP contribution in [-0.2, 0) is 0 Å². The summed E-state index contributed by atoms with van der Waals surface area (Å²) in [6.07, 6.45) is 0.726. The minimum Gasteiger partial charge on any atom is -0.409 e. The SMILES string of the molecule is CCN(CCCO)c1ccc(/C(N)=N/O)c2ccccc12. The lowest BCUT2D eigenvalue weighted by Crippen LogP contribution is -2.25. The van der Waals surface area contributed by atoms with Crippen molar-refractivity contribution in [3.63, 3.8) is 0 Å². The van der Waals surface area contributed by atoms with Gasteiger partial charge in [0.05, 0.1) is 0 Å². The van der Waals surface area contributed by atoms with Gasteiger partial charge >= 0.3 is 0 Å². The van der Waals surface area contributed by atoms with E-state index < -0.39 is 0 Å². The molecule has 21 heavy (non-hydrogen) atoms. The summed E-state index contributed by atoms with van der Waals surface area (Å²) < 4.78 is 0. The van der Waals surface area contributed by atoms with Crippen molar-refractivity contribution in [1.29, 1.82) is 0 Å². The van der Waals surface area contributed by atoms with E-state index >= 15 is 0 Å². The lowest BCUT2D eigenvalue weighted by Gasteiger charge is -2.25. The van der Waals surface area contributed by atoms with E-state index in [-0.39, 0.29) is 12.4 Å². The van der Waals surface area contributed by atoms with Gasteiger partial charge in [0.25, 0.3) is 0 Å². The first kappa shape index (κ1) is 15.1. The third-order valence-corrected chi connectivity index (χ3v) is 3.59. The fraction of sp³-hybridized carbons (Fsp3) is 0.312. The molecule has 2 aromatic rings. The van der Waals surface area contributed by atoms with Gasteiger partial charge in [0.2, 0.25) is 0 Å². The molecule has 5 nitrogen and oxygen atoms in total. The van der Waals surface area contributed by atoms with Gasteiger partial charge in [-0.1, -0.05) is 29.4 Å². The van der Waals surface area contributed by atoms with Gasteiger partial charge in [0, 0.05) is 36.3 Å². The van der Waals surface area contributed by atoms with Crippen LogP contribution in [0.25, 0.3) is 10.8 Å². The number of nitrogens with zero attached hydrogens (tertiary/aromatic N) is 2. The highest BCUT2D eigenvalue weighted by Crippen LogP contribution is 2.29. The maximum absolute atomic E-state index is 9.03. The molecule has 2 rings (SSSR count). The Bertz CT molecular complexity index is 640. The Morgan fingerprint density at radius 1 is 1.19 bits per heavy atom. The Morgan fingerprint density at radius 2 is 1.90 bits per heavy atom. The molecule has 0 bridgehead atoms. The zero-order valence-electron chi connectivity index (χ0n) is 12.2. The summed E-state index contributed by atoms with van der Waals surface area (Å²) >= 11 is 0. The number of fused-ring (bicyclic) bond motifs is 1. The number of aliphatic hydroxyl groups is 1. The number of nitrogens with two attached hydrogens (primary N) is 1. The Labute approximate surface area is 124 Å². The average Bonchev–Trinajstić information content (AvgIpc) is 2.54. The largest absolute Gasteiger partial charge is 0.409 e. The molecule has 0 amide bonds. The van der Waals surface area contributed by atoms with Crippen molar-refractivity contribution in [3.05, 3.63) is 42.0 Å². The second kappa shape index (κ2) is 6.95. The third-order valence-electron chi connectivity index (χ3n) is 3.59. The molecule has 0 radical (unpaired) electrons. The number of amidine groups is 1. The average molecular weight is 287 g/mol. The number of benzene rings is 2. The molecule has 0 spiro atoms. The van der Waals surface area contributed by atoms with E-state index in [2.05, 4.69) is 17.0 Å². The molecular formula is C16H21N3O2. The van der Waals surface area contributed by atoms with Crippen molar-refractivity contribution < 1.29 is 10.3 Å². The highest BCUT2D eigenvalue weighted by Gasteiger charge is 2.12. The van der Waals surface area contributed by atoms with Crippen LogP contribution in [0.5, 0.6) is 0 Å². The summed E-state index contributed by atoms with van der Waals surface area (Å²) in [4.78, 5) is 2.22. The van der Waals surface area contributed by atoms with Crippen LogP contribution in [0.1, 0.15) is 18.9 Å². The Kier molecular flexibility index (Phi) is 5.00. The number of rotatable bonds is 6. The van der Waals surface area contributed by atoms with Gasteiger partial charge in [-0.05, 0) is 30.9 Å². The lowest BCUT2D eigenvalue weighted by molar-refractivity contribution is 0.289. The fourth-order valence-electron chi connectivity index (χ4n) is 2.55. The van der Waals surface area contributed by atoms with E-state index in [0.29, 0.717) is 0 Å². The van der Waals surface area contributed by atoms with E-state index in [1.807, 2.05) is 36.4 Å². The van der Waals surface area contributed by atoms with Crippen LogP contribution in [0.3, 0.4) is 0 Å². The first-order valence-corrected chi connectivity index (χ1v) is 7.08. The molecule has 0 saturated carbocycles. The molecular weight excluding hydrogens is 266 g/mol. The normalized spacial score (nSPS) is 11.8. The van der Waals surface area contributed by atoms with Crippen LogP contribution in [0.4, 0.5) is 5.69 Å². The van der Waals surface area contributed by atoms with E-state index in [0.717, 1.165) is 41.5 Å². The highest BCUT2D eigenvalue weighted by molar-refractivity contribution is 6.11. The standard InChI is InChI=1S/C16H21N3O2/c1-2-19(10-5-11-20)15-9-8-14(16(17)18-21)12-6-3-4-7-13(12)15/h3-4,6-9,20-21H,2,5,10-11H2,1H3,(H2,17,18). The molecule has 0 aliphatic rings. The Hall–Kier alpha value is -2.27. The predicted molar refractivity (Wildman–Crippen MR) is 86.0 cm³/mol. The zero-order valence-corrected chi connectivity index (χ0v) is 12.2. The molecule has 0 saturated heterocycles. The van der Waals surface area contributed by atoms with Gasteiger partial charge in [-0.2, -0.15) is 0 Å². The van der Waals surface area contributed by atoms with Crippen molar-refractivity contribution in [2.24, 2.45) is 10.9 Å². The summed E-state index contributed by atoms with van der Waals surface area (Å²) in [5.74, 6) is 0.108. The fourth-order valence-corrected chi connectivity index (χ4v) is 2.55. The van der Waals surface area contributed by atoms with E-state index in [1.165, 1.54) is 0 Å². The summed E-state index contributed by atoms with van der Waals surface area (Å²) in [5.41, 5.74) is 7.56. The Morgan fingerprint density at radius 3 is 2.52 bits per heavy atom. The summed E-state index contributed by atoms with van der Waals surface area (Å²) in [7, 11) is 0. The number of anilines is 1. The minimum absolute atomic E-state index is 0.108. The highest BCUT2D eigenvalue weighted by atomic mass is 16.4. The molecule has 2 aromatic carbocycles. The van der Waals surface area contributed by atoms with Gasteiger partial charge in [-0.15, -0.1) is 0 Å². The molecule has 0 aliphatic heterocycles. The topological polar surface area (TPSA) is 82.1 Å². The molecule has 0 atom stereocenters. The van der Waals surface area contributed by atoms with Gasteiger partial charge in [-0.3, -0.25) is 0 Å². The second-order valence-corrected chi connectivity index (χ2v) is 4.82. The van der Waals surface area contributed by atoms with E-state index in [1.54, 1.807) is 0 Å². The quantitative estimate of drug-likeness (QED) is 0.329. The van der Waals surface area contributed by atoms with Gasteiger partial charge in [-0.25, -0.2) is 0 Å². The smallest absolute Gasteiger partial charge is 0.170 e. The number of aliphatic hydroxyl groups excluding tert-OH is 1. The molecule has 4 N–H and O–H groups in total. The van der Waals surface area contributed by atoms with Crippen LogP contribution in [0.2, 0.25) is 0 Å². The third kappa shape index (κ3) is 3.08. The lowest BCUT2D eigenvalue weighted by atomic mass is 10.0. The van der Waals surface area contributed by atoms with Crippen molar-refractivity contribution in [1.82, 2.24) is 0 Å². The van der Waals surface area contributed by atoms with Gasteiger partial charge in [0.1, 0.15) is 0 Å². The van der Waals surface area contributed by atoms with Crippen LogP contribution in [-0.4, -0.2) is 35.8 Å². The van der Waals surface area contributed by atoms with Gasteiger partial charge < -0.3 is 20.9 Å². The zero-order chi connectivity index (χ0) is 15.2. The van der Waals surface area contributed by atoms with Crippen molar-refractivity contribution in [2.45, 2.75) is 13.3 Å². The van der Waals surface area contributed by atoms with E-state index in [4.69, 9.17) is 16.0 Å². The van der Waals surface area contributed by atoms with Gasteiger partial charge in [0.15, 0.2) is 5.84 Å². The number of oxime groups is 1. The molecule has 5 heteroatoms. The molecule has 0 fully saturated rings. The van der Waals surface area contributed by atoms with Crippen molar-refractivity contribution in [3.8, 4) is 0 Å². The molecule has 0 aromatic heterocycles. The maximum Gasteiger partial charge on any atom is 0.170 e. The molecule has 0 aliphatic carbocycles. The summed E-state index contributed by atoms with van der Waals surface area (Å²) in [6.45, 7) is 3.91. The van der Waals surface area contributed by atoms with Crippen molar-refractivity contribution >= 4 is 22.3 Å². The predicted octanol–water partition coefficient (Wildman–Crippen LogP) is 2.14. The summed E-state index contributed by atoms with van der Waals surface area (Å²) in [5, 5.41) is 23.1. The molecule has 0 unspecified atom stereocenters. The van der Waals surface area contributed by atoms with Crippen LogP contribution < -0.4 is 10.6 Å². The number of hydrogen-bond donors (Lipinski definition) is 3. The molecule has 112 valence electrons. The van der Waals surface area contributed by atoms with E-state index in [9.17, 15) is 0 Å². The first-order chi connectivity index (χ1) is 10.2. The van der Waals surface area contributed by atoms with Crippen molar-refractivity contribution in [2.75, 3.05) is 24.6 Å². The Balaban J connectivity index is 2.56. The first-order valence-electron chi connectivity index (χ1n) is 7.08. The maximum atomic E-state index is 9.03.